The van der Waals surface area contributed by atoms with E-state index >= 15 is 0 Å². The quantitative estimate of drug-likeness (QED) is 0.842. The Morgan fingerprint density at radius 2 is 2.42 bits per heavy atom. The smallest absolute Gasteiger partial charge is 0.219 e. The van der Waals surface area contributed by atoms with Gasteiger partial charge in [0.15, 0.2) is 0 Å². The summed E-state index contributed by atoms with van der Waals surface area (Å²) >= 11 is 0. The van der Waals surface area contributed by atoms with Gasteiger partial charge in [0.2, 0.25) is 5.91 Å². The van der Waals surface area contributed by atoms with Crippen LogP contribution < -0.4 is 0 Å². The van der Waals surface area contributed by atoms with Crippen molar-refractivity contribution in [2.45, 2.75) is 19.3 Å². The topological polar surface area (TPSA) is 72.8 Å². The van der Waals surface area contributed by atoms with Crippen LogP contribution in [0.5, 0.6) is 0 Å². The minimum atomic E-state index is 0.116. The van der Waals surface area contributed by atoms with Crippen LogP contribution in [0.1, 0.15) is 30.7 Å². The normalized spacial score (nSPS) is 18.7. The number of fused-ring (bicyclic) bond motifs is 1. The summed E-state index contributed by atoms with van der Waals surface area (Å²) < 4.78 is 0. The van der Waals surface area contributed by atoms with Crippen LogP contribution >= 0.6 is 0 Å². The summed E-state index contributed by atoms with van der Waals surface area (Å²) in [5, 5.41) is 8.88. The van der Waals surface area contributed by atoms with Crippen LogP contribution in [0.25, 0.3) is 11.0 Å². The minimum absolute atomic E-state index is 0.116. The number of aromatic amines is 1. The third-order valence-electron chi connectivity index (χ3n) is 3.65. The Morgan fingerprint density at radius 1 is 1.58 bits per heavy atom. The summed E-state index contributed by atoms with van der Waals surface area (Å²) in [5.41, 5.74) is 2.38. The molecule has 0 bridgehead atoms. The number of carbonyl (C=O) groups is 1. The number of amides is 1. The van der Waals surface area contributed by atoms with Crippen molar-refractivity contribution >= 4 is 16.9 Å². The van der Waals surface area contributed by atoms with Crippen LogP contribution in [0.2, 0.25) is 0 Å². The van der Waals surface area contributed by atoms with Gasteiger partial charge in [-0.25, -0.2) is 4.98 Å². The number of nitrogens with one attached hydrogen (secondary N) is 1. The lowest BCUT2D eigenvalue weighted by Gasteiger charge is -2.12. The van der Waals surface area contributed by atoms with E-state index in [1.807, 2.05) is 17.0 Å². The van der Waals surface area contributed by atoms with Gasteiger partial charge in [-0.05, 0) is 24.6 Å². The molecular formula is C14H14N4O. The van der Waals surface area contributed by atoms with Gasteiger partial charge in [-0.3, -0.25) is 4.79 Å². The van der Waals surface area contributed by atoms with Gasteiger partial charge in [0, 0.05) is 25.9 Å². The summed E-state index contributed by atoms with van der Waals surface area (Å²) in [6, 6.07) is 7.55. The van der Waals surface area contributed by atoms with Crippen molar-refractivity contribution in [3.63, 3.8) is 0 Å². The van der Waals surface area contributed by atoms with Crippen molar-refractivity contribution in [1.29, 1.82) is 5.26 Å². The highest BCUT2D eigenvalue weighted by Gasteiger charge is 2.27. The molecule has 1 N–H and O–H groups in total. The van der Waals surface area contributed by atoms with Crippen LogP contribution in [0.4, 0.5) is 0 Å². The Morgan fingerprint density at radius 3 is 3.11 bits per heavy atom. The maximum atomic E-state index is 11.3. The van der Waals surface area contributed by atoms with E-state index in [0.29, 0.717) is 5.56 Å². The monoisotopic (exact) mass is 254 g/mol. The van der Waals surface area contributed by atoms with Crippen molar-refractivity contribution in [2.75, 3.05) is 13.1 Å². The van der Waals surface area contributed by atoms with Crippen molar-refractivity contribution in [2.24, 2.45) is 0 Å². The molecule has 0 aliphatic carbocycles. The number of nitrogens with zero attached hydrogens (tertiary/aromatic N) is 3. The predicted octanol–water partition coefficient (Wildman–Crippen LogP) is 1.77. The SMILES string of the molecule is CC(=O)N1CCC(c2nc3ccc(C#N)cc3[nH]2)C1. The van der Waals surface area contributed by atoms with Crippen LogP contribution in [0.3, 0.4) is 0 Å². The minimum Gasteiger partial charge on any atom is -0.342 e. The molecule has 3 rings (SSSR count). The Kier molecular flexibility index (Phi) is 2.71. The number of imidazole rings is 1. The molecule has 1 aromatic heterocycles. The molecule has 0 spiro atoms. The molecule has 1 unspecified atom stereocenters. The number of likely N-dealkylation sites (tertiary alicyclic amines) is 1. The largest absolute Gasteiger partial charge is 0.342 e. The summed E-state index contributed by atoms with van der Waals surface area (Å²) in [5.74, 6) is 1.29. The molecule has 1 saturated heterocycles. The highest BCUT2D eigenvalue weighted by molar-refractivity contribution is 5.77. The van der Waals surface area contributed by atoms with Crippen molar-refractivity contribution in [3.05, 3.63) is 29.6 Å². The summed E-state index contributed by atoms with van der Waals surface area (Å²) in [4.78, 5) is 21.0. The maximum absolute atomic E-state index is 11.3. The Hall–Kier alpha value is -2.35. The number of rotatable bonds is 1. The fourth-order valence-corrected chi connectivity index (χ4v) is 2.56. The van der Waals surface area contributed by atoms with Gasteiger partial charge in [-0.1, -0.05) is 0 Å². The third-order valence-corrected chi connectivity index (χ3v) is 3.65. The fraction of sp³-hybridized carbons (Fsp3) is 0.357. The van der Waals surface area contributed by atoms with Crippen LogP contribution in [0.15, 0.2) is 18.2 Å². The zero-order valence-corrected chi connectivity index (χ0v) is 10.7. The van der Waals surface area contributed by atoms with E-state index in [-0.39, 0.29) is 11.8 Å². The molecule has 5 nitrogen and oxygen atoms in total. The summed E-state index contributed by atoms with van der Waals surface area (Å²) in [6.45, 7) is 3.11. The van der Waals surface area contributed by atoms with E-state index in [1.165, 1.54) is 0 Å². The first-order valence-corrected chi connectivity index (χ1v) is 6.32. The fourth-order valence-electron chi connectivity index (χ4n) is 2.56. The second-order valence-electron chi connectivity index (χ2n) is 4.92. The van der Waals surface area contributed by atoms with Gasteiger partial charge in [0.1, 0.15) is 5.82 Å². The molecule has 19 heavy (non-hydrogen) atoms. The molecule has 1 fully saturated rings. The van der Waals surface area contributed by atoms with Gasteiger partial charge < -0.3 is 9.88 Å². The van der Waals surface area contributed by atoms with Crippen LogP contribution in [-0.2, 0) is 4.79 Å². The first-order chi connectivity index (χ1) is 9.17. The van der Waals surface area contributed by atoms with Crippen LogP contribution in [0, 0.1) is 11.3 Å². The second-order valence-corrected chi connectivity index (χ2v) is 4.92. The zero-order valence-electron chi connectivity index (χ0n) is 10.7. The lowest BCUT2D eigenvalue weighted by molar-refractivity contribution is -0.127. The first kappa shape index (κ1) is 11.7. The van der Waals surface area contributed by atoms with Gasteiger partial charge in [0.05, 0.1) is 22.7 Å². The van der Waals surface area contributed by atoms with Crippen LogP contribution in [-0.4, -0.2) is 33.9 Å². The number of hydrogen-bond acceptors (Lipinski definition) is 3. The summed E-state index contributed by atoms with van der Waals surface area (Å²) in [7, 11) is 0. The number of nitriles is 1. The highest BCUT2D eigenvalue weighted by Crippen LogP contribution is 2.27. The van der Waals surface area contributed by atoms with E-state index in [9.17, 15) is 4.79 Å². The lowest BCUT2D eigenvalue weighted by atomic mass is 10.1. The molecule has 1 aliphatic rings. The molecule has 5 heteroatoms. The van der Waals surface area contributed by atoms with Crippen molar-refractivity contribution in [3.8, 4) is 6.07 Å². The molecule has 1 amide bonds. The number of aromatic nitrogens is 2. The number of benzene rings is 1. The van der Waals surface area contributed by atoms with E-state index in [4.69, 9.17) is 5.26 Å². The maximum Gasteiger partial charge on any atom is 0.219 e. The number of carbonyl (C=O) groups excluding carboxylic acids is 1. The molecular weight excluding hydrogens is 240 g/mol. The molecule has 1 atom stereocenters. The summed E-state index contributed by atoms with van der Waals surface area (Å²) in [6.07, 6.45) is 0.935. The number of hydrogen-bond donors (Lipinski definition) is 1. The molecule has 2 aromatic rings. The van der Waals surface area contributed by atoms with Crippen molar-refractivity contribution in [1.82, 2.24) is 14.9 Å². The molecule has 0 radical (unpaired) electrons. The molecule has 2 heterocycles. The van der Waals surface area contributed by atoms with E-state index in [0.717, 1.165) is 36.4 Å². The van der Waals surface area contributed by atoms with E-state index in [2.05, 4.69) is 16.0 Å². The van der Waals surface area contributed by atoms with E-state index < -0.39 is 0 Å². The Labute approximate surface area is 110 Å². The number of H-pyrrole nitrogens is 1. The molecule has 1 aliphatic heterocycles. The van der Waals surface area contributed by atoms with Gasteiger partial charge in [0.25, 0.3) is 0 Å². The zero-order chi connectivity index (χ0) is 13.4. The van der Waals surface area contributed by atoms with E-state index in [1.54, 1.807) is 13.0 Å². The molecule has 1 aromatic carbocycles. The molecule has 0 saturated carbocycles. The van der Waals surface area contributed by atoms with Gasteiger partial charge >= 0.3 is 0 Å². The Balaban J connectivity index is 1.90. The third kappa shape index (κ3) is 2.06. The Bertz CT molecular complexity index is 682. The lowest BCUT2D eigenvalue weighted by Crippen LogP contribution is -2.25. The highest BCUT2D eigenvalue weighted by atomic mass is 16.2. The average molecular weight is 254 g/mol. The first-order valence-electron chi connectivity index (χ1n) is 6.32. The standard InChI is InChI=1S/C14H14N4O/c1-9(19)18-5-4-11(8-18)14-16-12-3-2-10(7-15)6-13(12)17-14/h2-3,6,11H,4-5,8H2,1H3,(H,16,17). The predicted molar refractivity (Wildman–Crippen MR) is 70.4 cm³/mol. The average Bonchev–Trinajstić information content (AvgIpc) is 3.04. The van der Waals surface area contributed by atoms with Gasteiger partial charge in [-0.15, -0.1) is 0 Å². The molecule has 96 valence electrons. The van der Waals surface area contributed by atoms with Gasteiger partial charge in [-0.2, -0.15) is 5.26 Å². The van der Waals surface area contributed by atoms with Crippen molar-refractivity contribution < 1.29 is 4.79 Å². The second kappa shape index (κ2) is 4.39.